The molecule has 10 rings (SSSR count). The van der Waals surface area contributed by atoms with Gasteiger partial charge in [-0.15, -0.1) is 11.3 Å². The summed E-state index contributed by atoms with van der Waals surface area (Å²) in [4.78, 5) is 2.41. The molecule has 0 radical (unpaired) electrons. The van der Waals surface area contributed by atoms with Crippen molar-refractivity contribution in [1.29, 1.82) is 0 Å². The molecule has 0 bridgehead atoms. The van der Waals surface area contributed by atoms with Crippen LogP contribution in [-0.2, 0) is 0 Å². The van der Waals surface area contributed by atoms with E-state index >= 15 is 0 Å². The van der Waals surface area contributed by atoms with Gasteiger partial charge in [0, 0.05) is 26.8 Å². The Morgan fingerprint density at radius 2 is 1.00 bits per heavy atom. The quantitative estimate of drug-likeness (QED) is 0.176. The highest BCUT2D eigenvalue weighted by molar-refractivity contribution is 7.26. The van der Waals surface area contributed by atoms with E-state index in [1.807, 2.05) is 11.3 Å². The van der Waals surface area contributed by atoms with E-state index in [1.165, 1.54) is 80.1 Å². The second-order valence-corrected chi connectivity index (χ2v) is 13.6. The molecule has 0 aliphatic carbocycles. The zero-order valence-electron chi connectivity index (χ0n) is 26.1. The Balaban J connectivity index is 1.16. The maximum absolute atomic E-state index is 2.41. The lowest BCUT2D eigenvalue weighted by molar-refractivity contribution is 1.30. The highest BCUT2D eigenvalue weighted by atomic mass is 32.1. The Bertz CT molecular complexity index is 2810. The molecule has 0 unspecified atom stereocenters. The molecule has 0 aliphatic heterocycles. The van der Waals surface area contributed by atoms with Crippen LogP contribution >= 0.6 is 11.3 Å². The Morgan fingerprint density at radius 1 is 0.375 bits per heavy atom. The Hall–Kier alpha value is -5.96. The van der Waals surface area contributed by atoms with Gasteiger partial charge in [-0.25, -0.2) is 0 Å². The van der Waals surface area contributed by atoms with E-state index in [1.54, 1.807) is 0 Å². The van der Waals surface area contributed by atoms with Crippen LogP contribution < -0.4 is 4.90 Å². The summed E-state index contributed by atoms with van der Waals surface area (Å²) in [7, 11) is 0. The molecule has 1 aromatic heterocycles. The predicted molar refractivity (Wildman–Crippen MR) is 209 cm³/mol. The predicted octanol–water partition coefficient (Wildman–Crippen LogP) is 13.8. The summed E-state index contributed by atoms with van der Waals surface area (Å²) in [5.41, 5.74) is 5.94. The molecule has 0 atom stereocenters. The van der Waals surface area contributed by atoms with Crippen molar-refractivity contribution in [3.63, 3.8) is 0 Å². The fraction of sp³-hybridized carbons (Fsp3) is 0. The second kappa shape index (κ2) is 10.8. The molecule has 0 saturated heterocycles. The van der Waals surface area contributed by atoms with Crippen molar-refractivity contribution < 1.29 is 0 Å². The van der Waals surface area contributed by atoms with Gasteiger partial charge in [0.15, 0.2) is 0 Å². The lowest BCUT2D eigenvalue weighted by atomic mass is 9.90. The number of hydrogen-bond acceptors (Lipinski definition) is 2. The first-order valence-electron chi connectivity index (χ1n) is 16.4. The highest BCUT2D eigenvalue weighted by Gasteiger charge is 2.19. The molecule has 2 heteroatoms. The van der Waals surface area contributed by atoms with Crippen LogP contribution in [0.2, 0.25) is 0 Å². The van der Waals surface area contributed by atoms with Crippen molar-refractivity contribution in [3.05, 3.63) is 176 Å². The van der Waals surface area contributed by atoms with Gasteiger partial charge in [0.05, 0.1) is 10.4 Å². The second-order valence-electron chi connectivity index (χ2n) is 12.5. The zero-order chi connectivity index (χ0) is 31.6. The standard InChI is InChI=1S/C46H29NS/c1-2-15-35(16-3-1)47(43-20-10-19-40-42-27-32-12-4-5-13-33(32)29-44(42)48-46(40)43)36-24-21-31(22-25-36)41-28-34-14-7-9-18-38(34)45-37-17-8-6-11-30(37)23-26-39(41)45/h1-29H. The van der Waals surface area contributed by atoms with E-state index < -0.39 is 0 Å². The first-order valence-corrected chi connectivity index (χ1v) is 17.2. The maximum atomic E-state index is 2.41. The third kappa shape index (κ3) is 4.24. The van der Waals surface area contributed by atoms with E-state index in [2.05, 4.69) is 181 Å². The molecule has 48 heavy (non-hydrogen) atoms. The van der Waals surface area contributed by atoms with Crippen LogP contribution in [0.1, 0.15) is 0 Å². The normalized spacial score (nSPS) is 11.8. The zero-order valence-corrected chi connectivity index (χ0v) is 26.9. The number of fused-ring (bicyclic) bond motifs is 9. The summed E-state index contributed by atoms with van der Waals surface area (Å²) in [6.45, 7) is 0. The molecule has 0 spiro atoms. The van der Waals surface area contributed by atoms with E-state index in [9.17, 15) is 0 Å². The number of nitrogens with zero attached hydrogens (tertiary/aromatic N) is 1. The summed E-state index contributed by atoms with van der Waals surface area (Å²) >= 11 is 1.88. The van der Waals surface area contributed by atoms with Gasteiger partial charge in [0.25, 0.3) is 0 Å². The van der Waals surface area contributed by atoms with Gasteiger partial charge >= 0.3 is 0 Å². The lowest BCUT2D eigenvalue weighted by Crippen LogP contribution is -2.09. The molecule has 10 aromatic rings. The van der Waals surface area contributed by atoms with Crippen LogP contribution in [-0.4, -0.2) is 0 Å². The summed E-state index contributed by atoms with van der Waals surface area (Å²) in [5.74, 6) is 0. The Morgan fingerprint density at radius 3 is 1.79 bits per heavy atom. The van der Waals surface area contributed by atoms with Crippen LogP contribution in [0.25, 0.3) is 74.4 Å². The number of anilines is 3. The molecule has 0 N–H and O–H groups in total. The van der Waals surface area contributed by atoms with Gasteiger partial charge in [-0.1, -0.05) is 127 Å². The van der Waals surface area contributed by atoms with E-state index in [0.29, 0.717) is 0 Å². The van der Waals surface area contributed by atoms with Gasteiger partial charge in [-0.2, -0.15) is 0 Å². The average molecular weight is 628 g/mol. The number of thiophene rings is 1. The minimum Gasteiger partial charge on any atom is -0.309 e. The molecular weight excluding hydrogens is 599 g/mol. The number of benzene rings is 9. The van der Waals surface area contributed by atoms with Crippen molar-refractivity contribution in [2.24, 2.45) is 0 Å². The number of rotatable bonds is 4. The summed E-state index contributed by atoms with van der Waals surface area (Å²) in [5, 5.41) is 12.9. The van der Waals surface area contributed by atoms with Gasteiger partial charge in [0.2, 0.25) is 0 Å². The molecule has 224 valence electrons. The Labute approximate surface area is 282 Å². The van der Waals surface area contributed by atoms with Crippen LogP contribution in [0.5, 0.6) is 0 Å². The number of hydrogen-bond donors (Lipinski definition) is 0. The SMILES string of the molecule is c1ccc(N(c2ccc(-c3cc4ccccc4c4c3ccc3ccccc34)cc2)c2cccc3c2sc2cc4ccccc4cc23)cc1. The molecule has 1 heterocycles. The monoisotopic (exact) mass is 627 g/mol. The van der Waals surface area contributed by atoms with Crippen LogP contribution in [0.15, 0.2) is 176 Å². The highest BCUT2D eigenvalue weighted by Crippen LogP contribution is 2.46. The van der Waals surface area contributed by atoms with Crippen LogP contribution in [0.3, 0.4) is 0 Å². The largest absolute Gasteiger partial charge is 0.309 e. The van der Waals surface area contributed by atoms with E-state index in [4.69, 9.17) is 0 Å². The number of para-hydroxylation sites is 1. The van der Waals surface area contributed by atoms with Crippen molar-refractivity contribution >= 4 is 91.7 Å². The first kappa shape index (κ1) is 27.2. The maximum Gasteiger partial charge on any atom is 0.0640 e. The third-order valence-electron chi connectivity index (χ3n) is 9.79. The first-order chi connectivity index (χ1) is 23.8. The molecule has 1 nitrogen and oxygen atoms in total. The van der Waals surface area contributed by atoms with Crippen molar-refractivity contribution in [3.8, 4) is 11.1 Å². The molecule has 0 saturated carbocycles. The molecule has 0 amide bonds. The molecular formula is C46H29NS. The summed E-state index contributed by atoms with van der Waals surface area (Å²) < 4.78 is 2.61. The minimum atomic E-state index is 1.13. The van der Waals surface area contributed by atoms with E-state index in [0.717, 1.165) is 11.4 Å². The van der Waals surface area contributed by atoms with Crippen LogP contribution in [0, 0.1) is 0 Å². The molecule has 0 aliphatic rings. The average Bonchev–Trinajstić information content (AvgIpc) is 3.52. The van der Waals surface area contributed by atoms with Gasteiger partial charge in [-0.05, 0) is 103 Å². The van der Waals surface area contributed by atoms with Crippen molar-refractivity contribution in [2.45, 2.75) is 0 Å². The van der Waals surface area contributed by atoms with Gasteiger partial charge in [0.1, 0.15) is 0 Å². The van der Waals surface area contributed by atoms with Gasteiger partial charge < -0.3 is 4.90 Å². The Kier molecular flexibility index (Phi) is 6.12. The molecule has 0 fully saturated rings. The topological polar surface area (TPSA) is 3.24 Å². The fourth-order valence-electron chi connectivity index (χ4n) is 7.55. The fourth-order valence-corrected chi connectivity index (χ4v) is 8.78. The lowest BCUT2D eigenvalue weighted by Gasteiger charge is -2.26. The molecule has 9 aromatic carbocycles. The summed E-state index contributed by atoms with van der Waals surface area (Å²) in [6.07, 6.45) is 0. The third-order valence-corrected chi connectivity index (χ3v) is 11.0. The van der Waals surface area contributed by atoms with E-state index in [-0.39, 0.29) is 0 Å². The summed E-state index contributed by atoms with van der Waals surface area (Å²) in [6, 6.07) is 64.4. The van der Waals surface area contributed by atoms with Crippen LogP contribution in [0.4, 0.5) is 17.1 Å². The van der Waals surface area contributed by atoms with Crippen molar-refractivity contribution in [2.75, 3.05) is 4.90 Å². The minimum absolute atomic E-state index is 1.13. The van der Waals surface area contributed by atoms with Crippen molar-refractivity contribution in [1.82, 2.24) is 0 Å². The van der Waals surface area contributed by atoms with Gasteiger partial charge in [-0.3, -0.25) is 0 Å². The smallest absolute Gasteiger partial charge is 0.0640 e.